The Labute approximate surface area is 144 Å². The van der Waals surface area contributed by atoms with Crippen LogP contribution in [0.1, 0.15) is 44.2 Å². The predicted molar refractivity (Wildman–Crippen MR) is 97.3 cm³/mol. The van der Waals surface area contributed by atoms with Crippen molar-refractivity contribution in [1.82, 2.24) is 0 Å². The Morgan fingerprint density at radius 2 is 1.87 bits per heavy atom. The van der Waals surface area contributed by atoms with E-state index in [0.29, 0.717) is 12.5 Å². The van der Waals surface area contributed by atoms with Crippen LogP contribution in [-0.2, 0) is 0 Å². The highest BCUT2D eigenvalue weighted by atomic mass is 35.5. The summed E-state index contributed by atoms with van der Waals surface area (Å²) < 4.78 is 5.79. The van der Waals surface area contributed by atoms with Crippen LogP contribution in [0.2, 0.25) is 0 Å². The lowest BCUT2D eigenvalue weighted by Gasteiger charge is -2.27. The van der Waals surface area contributed by atoms with E-state index >= 15 is 0 Å². The Morgan fingerprint density at radius 3 is 2.57 bits per heavy atom. The molecule has 126 valence electrons. The first-order chi connectivity index (χ1) is 10.7. The van der Waals surface area contributed by atoms with Gasteiger partial charge in [-0.1, -0.05) is 43.2 Å². The van der Waals surface area contributed by atoms with Crippen molar-refractivity contribution in [3.8, 4) is 5.75 Å². The molecule has 2 atom stereocenters. The van der Waals surface area contributed by atoms with E-state index < -0.39 is 12.1 Å². The van der Waals surface area contributed by atoms with Crippen LogP contribution < -0.4 is 10.5 Å². The maximum atomic E-state index is 10.7. The molecule has 0 radical (unpaired) electrons. The molecule has 23 heavy (non-hydrogen) atoms. The van der Waals surface area contributed by atoms with Crippen molar-refractivity contribution in [1.29, 1.82) is 0 Å². The molecule has 2 aromatic rings. The van der Waals surface area contributed by atoms with Crippen LogP contribution in [0, 0.1) is 5.92 Å². The molecule has 3 N–H and O–H groups in total. The minimum Gasteiger partial charge on any atom is -0.494 e. The van der Waals surface area contributed by atoms with Gasteiger partial charge in [-0.15, -0.1) is 12.4 Å². The Morgan fingerprint density at radius 1 is 1.17 bits per heavy atom. The van der Waals surface area contributed by atoms with Gasteiger partial charge >= 0.3 is 0 Å². The van der Waals surface area contributed by atoms with E-state index in [4.69, 9.17) is 10.5 Å². The summed E-state index contributed by atoms with van der Waals surface area (Å²) in [6.07, 6.45) is 4.03. The van der Waals surface area contributed by atoms with Crippen molar-refractivity contribution in [2.75, 3.05) is 6.61 Å². The van der Waals surface area contributed by atoms with Crippen molar-refractivity contribution >= 4 is 23.2 Å². The molecule has 3 rings (SSSR count). The third-order valence-corrected chi connectivity index (χ3v) is 4.81. The fourth-order valence-electron chi connectivity index (χ4n) is 3.66. The fraction of sp³-hybridized carbons (Fsp3) is 0.474. The smallest absolute Gasteiger partial charge is 0.124 e. The SMILES string of the molecule is CCOc1ccc2ccccc2c1[C@H](N)[C@H](O)C1CCCC1.Cl. The summed E-state index contributed by atoms with van der Waals surface area (Å²) in [7, 11) is 0. The molecule has 0 spiro atoms. The minimum absolute atomic E-state index is 0. The molecule has 1 saturated carbocycles. The summed E-state index contributed by atoms with van der Waals surface area (Å²) in [6, 6.07) is 11.8. The molecule has 0 heterocycles. The molecule has 1 aliphatic carbocycles. The highest BCUT2D eigenvalue weighted by Crippen LogP contribution is 2.38. The molecule has 0 amide bonds. The van der Waals surface area contributed by atoms with Crippen LogP contribution in [0.3, 0.4) is 0 Å². The van der Waals surface area contributed by atoms with Crippen molar-refractivity contribution in [2.45, 2.75) is 44.8 Å². The average molecular weight is 336 g/mol. The lowest BCUT2D eigenvalue weighted by molar-refractivity contribution is 0.0838. The van der Waals surface area contributed by atoms with Gasteiger partial charge in [0.05, 0.1) is 18.8 Å². The molecule has 0 bridgehead atoms. The topological polar surface area (TPSA) is 55.5 Å². The van der Waals surface area contributed by atoms with Gasteiger partial charge in [0, 0.05) is 5.56 Å². The Kier molecular flexibility index (Phi) is 6.28. The fourth-order valence-corrected chi connectivity index (χ4v) is 3.66. The van der Waals surface area contributed by atoms with Gasteiger partial charge in [-0.05, 0) is 42.5 Å². The third-order valence-electron chi connectivity index (χ3n) is 4.81. The van der Waals surface area contributed by atoms with Crippen LogP contribution in [0.25, 0.3) is 10.8 Å². The van der Waals surface area contributed by atoms with Crippen LogP contribution in [0.4, 0.5) is 0 Å². The van der Waals surface area contributed by atoms with E-state index in [9.17, 15) is 5.11 Å². The highest BCUT2D eigenvalue weighted by Gasteiger charge is 2.31. The maximum Gasteiger partial charge on any atom is 0.124 e. The summed E-state index contributed by atoms with van der Waals surface area (Å²) in [6.45, 7) is 2.56. The number of aliphatic hydroxyl groups excluding tert-OH is 1. The monoisotopic (exact) mass is 335 g/mol. The van der Waals surface area contributed by atoms with Crippen molar-refractivity contribution in [3.63, 3.8) is 0 Å². The predicted octanol–water partition coefficient (Wildman–Crippen LogP) is 4.21. The molecule has 0 unspecified atom stereocenters. The summed E-state index contributed by atoms with van der Waals surface area (Å²) >= 11 is 0. The van der Waals surface area contributed by atoms with Crippen molar-refractivity contribution < 1.29 is 9.84 Å². The molecular formula is C19H26ClNO2. The van der Waals surface area contributed by atoms with Gasteiger partial charge < -0.3 is 15.6 Å². The van der Waals surface area contributed by atoms with E-state index in [1.54, 1.807) is 0 Å². The zero-order valence-corrected chi connectivity index (χ0v) is 14.4. The molecule has 0 aromatic heterocycles. The Balaban J connectivity index is 0.00000192. The first-order valence-electron chi connectivity index (χ1n) is 8.30. The normalized spacial score (nSPS) is 17.7. The van der Waals surface area contributed by atoms with Crippen molar-refractivity contribution in [3.05, 3.63) is 42.0 Å². The zero-order valence-electron chi connectivity index (χ0n) is 13.6. The lowest BCUT2D eigenvalue weighted by Crippen LogP contribution is -2.32. The summed E-state index contributed by atoms with van der Waals surface area (Å²) in [5.41, 5.74) is 7.43. The number of hydrogen-bond donors (Lipinski definition) is 2. The zero-order chi connectivity index (χ0) is 15.5. The van der Waals surface area contributed by atoms with E-state index in [1.165, 1.54) is 12.8 Å². The van der Waals surface area contributed by atoms with Crippen LogP contribution >= 0.6 is 12.4 Å². The van der Waals surface area contributed by atoms with E-state index in [1.807, 2.05) is 25.1 Å². The number of nitrogens with two attached hydrogens (primary N) is 1. The van der Waals surface area contributed by atoms with Crippen molar-refractivity contribution in [2.24, 2.45) is 11.7 Å². The van der Waals surface area contributed by atoms with Gasteiger partial charge in [0.15, 0.2) is 0 Å². The second-order valence-corrected chi connectivity index (χ2v) is 6.19. The number of aliphatic hydroxyl groups is 1. The first-order valence-corrected chi connectivity index (χ1v) is 8.30. The van der Waals surface area contributed by atoms with Gasteiger partial charge in [0.1, 0.15) is 5.75 Å². The maximum absolute atomic E-state index is 10.7. The Hall–Kier alpha value is -1.29. The van der Waals surface area contributed by atoms with Gasteiger partial charge in [0.2, 0.25) is 0 Å². The molecule has 0 saturated heterocycles. The Bertz CT molecular complexity index is 640. The average Bonchev–Trinajstić information content (AvgIpc) is 3.08. The highest BCUT2D eigenvalue weighted by molar-refractivity contribution is 5.88. The number of hydrogen-bond acceptors (Lipinski definition) is 3. The lowest BCUT2D eigenvalue weighted by atomic mass is 9.88. The largest absolute Gasteiger partial charge is 0.494 e. The standard InChI is InChI=1S/C19H25NO2.ClH/c1-2-22-16-12-11-13-7-5-6-10-15(13)17(16)18(20)19(21)14-8-3-4-9-14;/h5-7,10-12,14,18-19,21H,2-4,8-9,20H2,1H3;1H/t18-,19+;/m0./s1. The molecule has 3 nitrogen and oxygen atoms in total. The van der Waals surface area contributed by atoms with Crippen LogP contribution in [-0.4, -0.2) is 17.8 Å². The molecule has 2 aromatic carbocycles. The summed E-state index contributed by atoms with van der Waals surface area (Å²) in [4.78, 5) is 0. The van der Waals surface area contributed by atoms with Crippen LogP contribution in [0.15, 0.2) is 36.4 Å². The summed E-state index contributed by atoms with van der Waals surface area (Å²) in [5, 5.41) is 13.0. The molecule has 0 aliphatic heterocycles. The molecule has 4 heteroatoms. The molecule has 1 aliphatic rings. The minimum atomic E-state index is -0.507. The number of benzene rings is 2. The molecular weight excluding hydrogens is 310 g/mol. The van der Waals surface area contributed by atoms with E-state index in [2.05, 4.69) is 18.2 Å². The van der Waals surface area contributed by atoms with Gasteiger partial charge in [-0.25, -0.2) is 0 Å². The number of halogens is 1. The second kappa shape index (κ2) is 8.00. The molecule has 1 fully saturated rings. The van der Waals surface area contributed by atoms with Gasteiger partial charge in [-0.3, -0.25) is 0 Å². The first kappa shape index (κ1) is 18.1. The number of rotatable bonds is 5. The van der Waals surface area contributed by atoms with Gasteiger partial charge in [0.25, 0.3) is 0 Å². The quantitative estimate of drug-likeness (QED) is 0.860. The van der Waals surface area contributed by atoms with Crippen LogP contribution in [0.5, 0.6) is 5.75 Å². The number of fused-ring (bicyclic) bond motifs is 1. The van der Waals surface area contributed by atoms with Gasteiger partial charge in [-0.2, -0.15) is 0 Å². The number of ether oxygens (including phenoxy) is 1. The summed E-state index contributed by atoms with van der Waals surface area (Å²) in [5.74, 6) is 1.11. The van der Waals surface area contributed by atoms with E-state index in [0.717, 1.165) is 34.9 Å². The van der Waals surface area contributed by atoms with E-state index in [-0.39, 0.29) is 12.4 Å². The second-order valence-electron chi connectivity index (χ2n) is 6.19. The third kappa shape index (κ3) is 3.63.